The number of benzene rings is 3. The van der Waals surface area contributed by atoms with Crippen LogP contribution in [0.5, 0.6) is 46.0 Å². The molecule has 0 aliphatic carbocycles. The molecule has 2 fully saturated rings. The average molecular weight is 615 g/mol. The lowest BCUT2D eigenvalue weighted by molar-refractivity contribution is 0.000275. The summed E-state index contributed by atoms with van der Waals surface area (Å²) in [7, 11) is 7.28. The van der Waals surface area contributed by atoms with Crippen molar-refractivity contribution in [1.29, 1.82) is 0 Å². The summed E-state index contributed by atoms with van der Waals surface area (Å²) in [5, 5.41) is 41.7. The molecule has 12 heteroatoms. The number of ether oxygens (including phenoxy) is 8. The Bertz CT molecular complexity index is 1410. The Hall–Kier alpha value is -4.10. The van der Waals surface area contributed by atoms with Gasteiger partial charge in [0.15, 0.2) is 29.1 Å². The largest absolute Gasteiger partial charge is 0.502 e. The van der Waals surface area contributed by atoms with E-state index in [4.69, 9.17) is 37.9 Å². The number of phenols is 2. The molecule has 2 saturated heterocycles. The standard InChI is InChI=1S/C32H38O12/c1-37-22-12-18(44-27(13-33)28(34)16-8-23(38-2)29(35)24(9-16)39-3)6-7-19(22)32-21-15-42-31(20(21)14-43-32)17-10-25(40-4)30(36)26(11-17)41-5/h6-12,20-21,27-28,31-36H,13-15H2,1-5H3/t20-,21-,27+,28-,31+,32+/m1/s1. The van der Waals surface area contributed by atoms with Gasteiger partial charge in [0, 0.05) is 23.5 Å². The van der Waals surface area contributed by atoms with Gasteiger partial charge in [0.1, 0.15) is 17.6 Å². The summed E-state index contributed by atoms with van der Waals surface area (Å²) >= 11 is 0. The molecule has 0 spiro atoms. The molecule has 2 aliphatic rings. The van der Waals surface area contributed by atoms with Crippen molar-refractivity contribution in [3.63, 3.8) is 0 Å². The predicted octanol–water partition coefficient (Wildman–Crippen LogP) is 3.69. The Morgan fingerprint density at radius 3 is 1.73 bits per heavy atom. The number of fused-ring (bicyclic) bond motifs is 1. The maximum absolute atomic E-state index is 11.1. The first-order valence-electron chi connectivity index (χ1n) is 14.0. The van der Waals surface area contributed by atoms with Crippen molar-refractivity contribution in [3.8, 4) is 46.0 Å². The SMILES string of the molecule is COc1cc(O[C@@H](CO)[C@H](O)c2cc(OC)c(O)c(OC)c2)ccc1[C@@H]1OC[C@@H]2[C@H]1CO[C@H]2c1cc(OC)c(O)c(OC)c1. The van der Waals surface area contributed by atoms with Crippen molar-refractivity contribution in [2.75, 3.05) is 55.4 Å². The molecule has 5 rings (SSSR count). The first kappa shape index (κ1) is 31.3. The fourth-order valence-electron chi connectivity index (χ4n) is 5.96. The van der Waals surface area contributed by atoms with Crippen LogP contribution < -0.4 is 28.4 Å². The van der Waals surface area contributed by atoms with Crippen molar-refractivity contribution in [3.05, 3.63) is 59.2 Å². The summed E-state index contributed by atoms with van der Waals surface area (Å²) in [6.07, 6.45) is -2.94. The van der Waals surface area contributed by atoms with E-state index in [-0.39, 0.29) is 47.0 Å². The second-order valence-corrected chi connectivity index (χ2v) is 10.6. The highest BCUT2D eigenvalue weighted by molar-refractivity contribution is 5.54. The van der Waals surface area contributed by atoms with Crippen LogP contribution in [0.25, 0.3) is 0 Å². The van der Waals surface area contributed by atoms with E-state index < -0.39 is 18.8 Å². The molecule has 3 aromatic rings. The highest BCUT2D eigenvalue weighted by Crippen LogP contribution is 2.53. The van der Waals surface area contributed by atoms with Gasteiger partial charge in [0.05, 0.1) is 67.6 Å². The van der Waals surface area contributed by atoms with Gasteiger partial charge >= 0.3 is 0 Å². The highest BCUT2D eigenvalue weighted by atomic mass is 16.5. The van der Waals surface area contributed by atoms with E-state index in [0.29, 0.717) is 41.8 Å². The summed E-state index contributed by atoms with van der Waals surface area (Å²) in [4.78, 5) is 0. The third-order valence-corrected chi connectivity index (χ3v) is 8.27. The first-order valence-corrected chi connectivity index (χ1v) is 14.0. The van der Waals surface area contributed by atoms with E-state index in [1.54, 1.807) is 31.4 Å². The molecule has 0 unspecified atom stereocenters. The summed E-state index contributed by atoms with van der Waals surface area (Å²) in [5.41, 5.74) is 1.96. The normalized spacial score (nSPS) is 22.2. The number of aliphatic hydroxyl groups is 2. The van der Waals surface area contributed by atoms with Gasteiger partial charge in [-0.05, 0) is 47.5 Å². The Kier molecular flexibility index (Phi) is 9.45. The Morgan fingerprint density at radius 1 is 0.705 bits per heavy atom. The van der Waals surface area contributed by atoms with E-state index in [1.165, 1.54) is 40.6 Å². The van der Waals surface area contributed by atoms with Gasteiger partial charge in [0.2, 0.25) is 11.5 Å². The van der Waals surface area contributed by atoms with Crippen LogP contribution in [0.4, 0.5) is 0 Å². The van der Waals surface area contributed by atoms with Crippen LogP contribution in [0.2, 0.25) is 0 Å². The monoisotopic (exact) mass is 614 g/mol. The van der Waals surface area contributed by atoms with Crippen molar-refractivity contribution in [1.82, 2.24) is 0 Å². The lowest BCUT2D eigenvalue weighted by atomic mass is 9.84. The Labute approximate surface area is 255 Å². The van der Waals surface area contributed by atoms with E-state index in [2.05, 4.69) is 0 Å². The van der Waals surface area contributed by atoms with Gasteiger partial charge in [-0.1, -0.05) is 0 Å². The number of phenolic OH excluding ortho intramolecular Hbond substituents is 2. The third kappa shape index (κ3) is 5.73. The van der Waals surface area contributed by atoms with Gasteiger partial charge in [-0.15, -0.1) is 0 Å². The molecule has 2 aliphatic heterocycles. The van der Waals surface area contributed by atoms with Crippen LogP contribution in [-0.4, -0.2) is 81.9 Å². The van der Waals surface area contributed by atoms with Crippen molar-refractivity contribution in [2.24, 2.45) is 11.8 Å². The van der Waals surface area contributed by atoms with Gasteiger partial charge < -0.3 is 58.3 Å². The van der Waals surface area contributed by atoms with Gasteiger partial charge in [-0.2, -0.15) is 0 Å². The van der Waals surface area contributed by atoms with Gasteiger partial charge in [-0.3, -0.25) is 0 Å². The van der Waals surface area contributed by atoms with Crippen LogP contribution in [-0.2, 0) is 9.47 Å². The topological polar surface area (TPSA) is 155 Å². The lowest BCUT2D eigenvalue weighted by Crippen LogP contribution is -2.29. The second kappa shape index (κ2) is 13.3. The quantitative estimate of drug-likeness (QED) is 0.235. The minimum atomic E-state index is -1.28. The first-order chi connectivity index (χ1) is 21.3. The van der Waals surface area contributed by atoms with Gasteiger partial charge in [0.25, 0.3) is 0 Å². The third-order valence-electron chi connectivity index (χ3n) is 8.27. The number of aliphatic hydroxyl groups excluding tert-OH is 2. The Morgan fingerprint density at radius 2 is 1.20 bits per heavy atom. The summed E-state index contributed by atoms with van der Waals surface area (Å²) in [6.45, 7) is 0.397. The molecule has 2 heterocycles. The molecular formula is C32H38O12. The minimum absolute atomic E-state index is 0.0259. The zero-order chi connectivity index (χ0) is 31.5. The smallest absolute Gasteiger partial charge is 0.200 e. The molecule has 12 nitrogen and oxygen atoms in total. The molecule has 0 saturated carbocycles. The molecule has 6 atom stereocenters. The van der Waals surface area contributed by atoms with Crippen LogP contribution in [0.1, 0.15) is 35.0 Å². The highest BCUT2D eigenvalue weighted by Gasteiger charge is 2.49. The minimum Gasteiger partial charge on any atom is -0.502 e. The number of hydrogen-bond acceptors (Lipinski definition) is 12. The number of aromatic hydroxyl groups is 2. The van der Waals surface area contributed by atoms with E-state index in [9.17, 15) is 20.4 Å². The zero-order valence-corrected chi connectivity index (χ0v) is 25.2. The zero-order valence-electron chi connectivity index (χ0n) is 25.2. The molecule has 0 bridgehead atoms. The summed E-state index contributed by atoms with van der Waals surface area (Å²) < 4.78 is 45.3. The number of methoxy groups -OCH3 is 5. The molecule has 3 aromatic carbocycles. The number of hydrogen-bond donors (Lipinski definition) is 4. The molecule has 0 aromatic heterocycles. The van der Waals surface area contributed by atoms with Crippen molar-refractivity contribution >= 4 is 0 Å². The lowest BCUT2D eigenvalue weighted by Gasteiger charge is -2.25. The maximum atomic E-state index is 11.1. The second-order valence-electron chi connectivity index (χ2n) is 10.6. The van der Waals surface area contributed by atoms with Crippen LogP contribution in [0, 0.1) is 11.8 Å². The fourth-order valence-corrected chi connectivity index (χ4v) is 5.96. The summed E-state index contributed by atoms with van der Waals surface area (Å²) in [5.74, 6) is 1.48. The molecule has 0 radical (unpaired) electrons. The number of rotatable bonds is 12. The average Bonchev–Trinajstić information content (AvgIpc) is 3.66. The Balaban J connectivity index is 1.34. The van der Waals surface area contributed by atoms with Crippen LogP contribution in [0.15, 0.2) is 42.5 Å². The molecule has 0 amide bonds. The van der Waals surface area contributed by atoms with Crippen LogP contribution in [0.3, 0.4) is 0 Å². The van der Waals surface area contributed by atoms with E-state index in [0.717, 1.165) is 11.1 Å². The maximum Gasteiger partial charge on any atom is 0.200 e. The molecule has 4 N–H and O–H groups in total. The van der Waals surface area contributed by atoms with E-state index >= 15 is 0 Å². The van der Waals surface area contributed by atoms with Gasteiger partial charge in [-0.25, -0.2) is 0 Å². The van der Waals surface area contributed by atoms with E-state index in [1.807, 2.05) is 6.07 Å². The molecular weight excluding hydrogens is 576 g/mol. The van der Waals surface area contributed by atoms with Crippen LogP contribution >= 0.6 is 0 Å². The molecule has 238 valence electrons. The predicted molar refractivity (Wildman–Crippen MR) is 156 cm³/mol. The van der Waals surface area contributed by atoms with Crippen molar-refractivity contribution < 1.29 is 58.3 Å². The fraction of sp³-hybridized carbons (Fsp3) is 0.438. The molecule has 44 heavy (non-hydrogen) atoms. The van der Waals surface area contributed by atoms with Crippen molar-refractivity contribution in [2.45, 2.75) is 24.4 Å². The summed E-state index contributed by atoms with van der Waals surface area (Å²) in [6, 6.07) is 11.7.